The van der Waals surface area contributed by atoms with Crippen molar-refractivity contribution >= 4 is 16.0 Å². The van der Waals surface area contributed by atoms with Crippen molar-refractivity contribution < 1.29 is 27.8 Å². The zero-order valence-corrected chi connectivity index (χ0v) is 12.4. The van der Waals surface area contributed by atoms with Gasteiger partial charge in [0, 0.05) is 13.1 Å². The van der Waals surface area contributed by atoms with Crippen LogP contribution in [0.3, 0.4) is 0 Å². The zero-order chi connectivity index (χ0) is 15.5. The molecule has 1 unspecified atom stereocenters. The molecule has 8 heteroatoms. The molecule has 7 nitrogen and oxygen atoms in total. The number of benzene rings is 1. The Kier molecular flexibility index (Phi) is 4.81. The molecule has 1 saturated heterocycles. The van der Waals surface area contributed by atoms with Crippen molar-refractivity contribution in [3.05, 3.63) is 24.3 Å². The molecule has 1 aromatic rings. The predicted octanol–water partition coefficient (Wildman–Crippen LogP) is 0.345. The average Bonchev–Trinajstić information content (AvgIpc) is 2.48. The van der Waals surface area contributed by atoms with Gasteiger partial charge in [0.05, 0.1) is 31.1 Å². The van der Waals surface area contributed by atoms with Crippen LogP contribution < -0.4 is 0 Å². The monoisotopic (exact) mass is 315 g/mol. The van der Waals surface area contributed by atoms with E-state index in [4.69, 9.17) is 4.74 Å². The summed E-state index contributed by atoms with van der Waals surface area (Å²) >= 11 is 0. The Labute approximate surface area is 123 Å². The molecule has 0 aromatic heterocycles. The summed E-state index contributed by atoms with van der Waals surface area (Å²) in [5, 5.41) is 9.22. The van der Waals surface area contributed by atoms with E-state index in [0.717, 1.165) is 0 Å². The summed E-state index contributed by atoms with van der Waals surface area (Å²) in [4.78, 5) is 11.3. The molecule has 1 heterocycles. The maximum Gasteiger partial charge on any atom is 0.308 e. The number of methoxy groups -OCH3 is 1. The first-order chi connectivity index (χ1) is 9.93. The van der Waals surface area contributed by atoms with Crippen LogP contribution in [-0.4, -0.2) is 56.7 Å². The maximum atomic E-state index is 12.5. The Bertz CT molecular complexity index is 598. The van der Waals surface area contributed by atoms with E-state index in [1.807, 2.05) is 0 Å². The number of carbonyl (C=O) groups is 1. The van der Waals surface area contributed by atoms with Crippen molar-refractivity contribution in [3.8, 4) is 5.75 Å². The van der Waals surface area contributed by atoms with Crippen LogP contribution in [0.15, 0.2) is 29.2 Å². The van der Waals surface area contributed by atoms with E-state index in [1.165, 1.54) is 35.7 Å². The first kappa shape index (κ1) is 15.7. The van der Waals surface area contributed by atoms with Gasteiger partial charge >= 0.3 is 5.97 Å². The number of ether oxygens (including phenoxy) is 2. The molecule has 1 aliphatic heterocycles. The summed E-state index contributed by atoms with van der Waals surface area (Å²) in [7, 11) is -2.39. The van der Waals surface area contributed by atoms with Crippen molar-refractivity contribution in [2.45, 2.75) is 17.4 Å². The van der Waals surface area contributed by atoms with E-state index in [2.05, 4.69) is 4.74 Å². The lowest BCUT2D eigenvalue weighted by molar-refractivity contribution is -0.145. The lowest BCUT2D eigenvalue weighted by Crippen LogP contribution is -2.46. The molecule has 0 saturated carbocycles. The number of nitrogens with zero attached hydrogens (tertiary/aromatic N) is 1. The number of esters is 1. The normalized spacial score (nSPS) is 20.1. The molecule has 0 bridgehead atoms. The minimum Gasteiger partial charge on any atom is -0.508 e. The SMILES string of the molecule is COC(=O)CC1CN(S(=O)(=O)c2ccc(O)cc2)CCO1. The van der Waals surface area contributed by atoms with E-state index < -0.39 is 22.1 Å². The number of morpholine rings is 1. The summed E-state index contributed by atoms with van der Waals surface area (Å²) < 4.78 is 36.2. The second-order valence-corrected chi connectivity index (χ2v) is 6.57. The van der Waals surface area contributed by atoms with Gasteiger partial charge in [-0.05, 0) is 24.3 Å². The van der Waals surface area contributed by atoms with Crippen molar-refractivity contribution in [2.75, 3.05) is 26.8 Å². The molecule has 21 heavy (non-hydrogen) atoms. The number of rotatable bonds is 4. The number of aromatic hydroxyl groups is 1. The Morgan fingerprint density at radius 2 is 2.10 bits per heavy atom. The molecule has 1 aromatic carbocycles. The van der Waals surface area contributed by atoms with Crippen LogP contribution in [0.2, 0.25) is 0 Å². The van der Waals surface area contributed by atoms with E-state index in [9.17, 15) is 18.3 Å². The van der Waals surface area contributed by atoms with Crippen LogP contribution in [0.1, 0.15) is 6.42 Å². The van der Waals surface area contributed by atoms with Crippen molar-refractivity contribution in [1.82, 2.24) is 4.31 Å². The fourth-order valence-electron chi connectivity index (χ4n) is 2.07. The molecule has 1 fully saturated rings. The molecule has 116 valence electrons. The Morgan fingerprint density at radius 3 is 2.71 bits per heavy atom. The second-order valence-electron chi connectivity index (χ2n) is 4.63. The van der Waals surface area contributed by atoms with Gasteiger partial charge in [-0.3, -0.25) is 4.79 Å². The highest BCUT2D eigenvalue weighted by Gasteiger charge is 2.31. The predicted molar refractivity (Wildman–Crippen MR) is 73.2 cm³/mol. The minimum absolute atomic E-state index is 0.000467. The van der Waals surface area contributed by atoms with E-state index in [1.54, 1.807) is 0 Å². The molecule has 0 amide bonds. The van der Waals surface area contributed by atoms with Gasteiger partial charge in [-0.25, -0.2) is 8.42 Å². The average molecular weight is 315 g/mol. The fraction of sp³-hybridized carbons (Fsp3) is 0.462. The van der Waals surface area contributed by atoms with Crippen LogP contribution in [-0.2, 0) is 24.3 Å². The molecule has 1 atom stereocenters. The molecular formula is C13H17NO6S. The number of sulfonamides is 1. The number of hydrogen-bond acceptors (Lipinski definition) is 6. The van der Waals surface area contributed by atoms with Crippen LogP contribution in [0.5, 0.6) is 5.75 Å². The van der Waals surface area contributed by atoms with Crippen molar-refractivity contribution in [2.24, 2.45) is 0 Å². The van der Waals surface area contributed by atoms with Crippen LogP contribution in [0, 0.1) is 0 Å². The van der Waals surface area contributed by atoms with Gasteiger partial charge in [0.2, 0.25) is 10.0 Å². The smallest absolute Gasteiger partial charge is 0.308 e. The largest absolute Gasteiger partial charge is 0.508 e. The van der Waals surface area contributed by atoms with Crippen LogP contribution in [0.4, 0.5) is 0 Å². The molecule has 0 radical (unpaired) electrons. The summed E-state index contributed by atoms with van der Waals surface area (Å²) in [6, 6.07) is 5.32. The molecule has 0 aliphatic carbocycles. The van der Waals surface area contributed by atoms with Crippen LogP contribution >= 0.6 is 0 Å². The lowest BCUT2D eigenvalue weighted by atomic mass is 10.2. The number of phenols is 1. The van der Waals surface area contributed by atoms with Gasteiger partial charge < -0.3 is 14.6 Å². The zero-order valence-electron chi connectivity index (χ0n) is 11.6. The highest BCUT2D eigenvalue weighted by molar-refractivity contribution is 7.89. The first-order valence-electron chi connectivity index (χ1n) is 6.41. The van der Waals surface area contributed by atoms with E-state index in [-0.39, 0.29) is 36.8 Å². The molecule has 1 aliphatic rings. The topological polar surface area (TPSA) is 93.1 Å². The maximum absolute atomic E-state index is 12.5. The molecule has 2 rings (SSSR count). The fourth-order valence-corrected chi connectivity index (χ4v) is 3.53. The van der Waals surface area contributed by atoms with E-state index >= 15 is 0 Å². The Morgan fingerprint density at radius 1 is 1.43 bits per heavy atom. The summed E-state index contributed by atoms with van der Waals surface area (Å²) in [5.74, 6) is -0.441. The summed E-state index contributed by atoms with van der Waals surface area (Å²) in [6.45, 7) is 0.540. The van der Waals surface area contributed by atoms with Gasteiger partial charge in [0.15, 0.2) is 0 Å². The minimum atomic E-state index is -3.66. The molecular weight excluding hydrogens is 298 g/mol. The van der Waals surface area contributed by atoms with Gasteiger partial charge in [-0.2, -0.15) is 4.31 Å². The number of hydrogen-bond donors (Lipinski definition) is 1. The third-order valence-electron chi connectivity index (χ3n) is 3.20. The third kappa shape index (κ3) is 3.72. The van der Waals surface area contributed by atoms with Crippen molar-refractivity contribution in [1.29, 1.82) is 0 Å². The third-order valence-corrected chi connectivity index (χ3v) is 5.08. The van der Waals surface area contributed by atoms with E-state index in [0.29, 0.717) is 0 Å². The van der Waals surface area contributed by atoms with Gasteiger partial charge in [0.25, 0.3) is 0 Å². The Hall–Kier alpha value is -1.64. The second kappa shape index (κ2) is 6.42. The van der Waals surface area contributed by atoms with Crippen molar-refractivity contribution in [3.63, 3.8) is 0 Å². The summed E-state index contributed by atoms with van der Waals surface area (Å²) in [5.41, 5.74) is 0. The molecule has 0 spiro atoms. The highest BCUT2D eigenvalue weighted by atomic mass is 32.2. The van der Waals surface area contributed by atoms with Gasteiger partial charge in [-0.15, -0.1) is 0 Å². The summed E-state index contributed by atoms with van der Waals surface area (Å²) in [6.07, 6.45) is -0.504. The Balaban J connectivity index is 2.12. The van der Waals surface area contributed by atoms with Gasteiger partial charge in [-0.1, -0.05) is 0 Å². The highest BCUT2D eigenvalue weighted by Crippen LogP contribution is 2.21. The number of carbonyl (C=O) groups excluding carboxylic acids is 1. The van der Waals surface area contributed by atoms with Crippen LogP contribution in [0.25, 0.3) is 0 Å². The quantitative estimate of drug-likeness (QED) is 0.806. The molecule has 1 N–H and O–H groups in total. The standard InChI is InChI=1S/C13H17NO6S/c1-19-13(16)8-11-9-14(6-7-20-11)21(17,18)12-4-2-10(15)3-5-12/h2-5,11,15H,6-9H2,1H3. The number of phenolic OH excluding ortho intramolecular Hbond substituents is 1. The first-order valence-corrected chi connectivity index (χ1v) is 7.85. The lowest BCUT2D eigenvalue weighted by Gasteiger charge is -2.31. The van der Waals surface area contributed by atoms with Gasteiger partial charge in [0.1, 0.15) is 5.75 Å².